The van der Waals surface area contributed by atoms with Crippen molar-refractivity contribution >= 4 is 15.9 Å². The molecule has 0 spiro atoms. The topological polar surface area (TPSA) is 20.2 Å². The molecule has 0 aliphatic rings. The van der Waals surface area contributed by atoms with Crippen molar-refractivity contribution in [1.82, 2.24) is 0 Å². The van der Waals surface area contributed by atoms with E-state index in [9.17, 15) is 9.50 Å². The van der Waals surface area contributed by atoms with Gasteiger partial charge in [0.25, 0.3) is 0 Å². The van der Waals surface area contributed by atoms with Gasteiger partial charge < -0.3 is 5.11 Å². The fourth-order valence-corrected chi connectivity index (χ4v) is 1.97. The molecule has 0 bridgehead atoms. The lowest BCUT2D eigenvalue weighted by Gasteiger charge is -2.24. The summed E-state index contributed by atoms with van der Waals surface area (Å²) >= 11 is 3.10. The van der Waals surface area contributed by atoms with E-state index in [1.54, 1.807) is 19.1 Å². The van der Waals surface area contributed by atoms with Gasteiger partial charge in [-0.15, -0.1) is 0 Å². The largest absolute Gasteiger partial charge is 0.381 e. The summed E-state index contributed by atoms with van der Waals surface area (Å²) in [5.74, 6) is -0.376. The first-order valence-electron chi connectivity index (χ1n) is 5.25. The summed E-state index contributed by atoms with van der Waals surface area (Å²) in [6.07, 6.45) is 0. The highest BCUT2D eigenvalue weighted by Gasteiger charge is 2.25. The number of rotatable bonds is 2. The van der Waals surface area contributed by atoms with Crippen LogP contribution in [-0.2, 0) is 5.60 Å². The number of hydrogen-bond acceptors (Lipinski definition) is 1. The summed E-state index contributed by atoms with van der Waals surface area (Å²) in [7, 11) is 0. The Morgan fingerprint density at radius 1 is 1.06 bits per heavy atom. The highest BCUT2D eigenvalue weighted by atomic mass is 79.9. The lowest BCUT2D eigenvalue weighted by molar-refractivity contribution is 0.102. The zero-order valence-corrected chi connectivity index (χ0v) is 10.9. The van der Waals surface area contributed by atoms with E-state index in [1.165, 1.54) is 6.07 Å². The summed E-state index contributed by atoms with van der Waals surface area (Å²) < 4.78 is 13.9. The first-order chi connectivity index (χ1) is 8.01. The molecule has 1 nitrogen and oxygen atoms in total. The van der Waals surface area contributed by atoms with Gasteiger partial charge in [-0.05, 0) is 46.1 Å². The molecule has 2 aromatic rings. The Balaban J connectivity index is 2.48. The average Bonchev–Trinajstić information content (AvgIpc) is 2.33. The molecular formula is C14H12BrFO. The molecule has 88 valence electrons. The van der Waals surface area contributed by atoms with Crippen molar-refractivity contribution in [1.29, 1.82) is 0 Å². The molecule has 3 heteroatoms. The Kier molecular flexibility index (Phi) is 3.31. The Labute approximate surface area is 108 Å². The van der Waals surface area contributed by atoms with Crippen LogP contribution in [0.15, 0.2) is 53.0 Å². The predicted octanol–water partition coefficient (Wildman–Crippen LogP) is 3.84. The smallest absolute Gasteiger partial charge is 0.137 e. The van der Waals surface area contributed by atoms with Crippen LogP contribution >= 0.6 is 15.9 Å². The maximum Gasteiger partial charge on any atom is 0.137 e. The number of halogens is 2. The van der Waals surface area contributed by atoms with Crippen LogP contribution in [-0.4, -0.2) is 5.11 Å². The summed E-state index contributed by atoms with van der Waals surface area (Å²) in [6.45, 7) is 1.66. The zero-order chi connectivity index (χ0) is 12.5. The second kappa shape index (κ2) is 4.59. The second-order valence-electron chi connectivity index (χ2n) is 4.07. The molecule has 1 N–H and O–H groups in total. The third kappa shape index (κ3) is 2.40. The van der Waals surface area contributed by atoms with Crippen molar-refractivity contribution in [2.45, 2.75) is 12.5 Å². The van der Waals surface area contributed by atoms with Crippen molar-refractivity contribution in [3.8, 4) is 0 Å². The van der Waals surface area contributed by atoms with E-state index in [1.807, 2.05) is 30.3 Å². The molecule has 0 saturated heterocycles. The Bertz CT molecular complexity index is 523. The highest BCUT2D eigenvalue weighted by Crippen LogP contribution is 2.30. The van der Waals surface area contributed by atoms with Crippen molar-refractivity contribution < 1.29 is 9.50 Å². The van der Waals surface area contributed by atoms with Crippen LogP contribution < -0.4 is 0 Å². The van der Waals surface area contributed by atoms with Gasteiger partial charge in [0.1, 0.15) is 11.4 Å². The molecule has 0 amide bonds. The van der Waals surface area contributed by atoms with E-state index in [2.05, 4.69) is 15.9 Å². The van der Waals surface area contributed by atoms with E-state index in [4.69, 9.17) is 0 Å². The van der Waals surface area contributed by atoms with Crippen molar-refractivity contribution in [2.75, 3.05) is 0 Å². The SMILES string of the molecule is C[C@](O)(c1ccccc1)c1ccc(Br)c(F)c1. The third-order valence-electron chi connectivity index (χ3n) is 2.82. The summed E-state index contributed by atoms with van der Waals surface area (Å²) in [5, 5.41) is 10.5. The highest BCUT2D eigenvalue weighted by molar-refractivity contribution is 9.10. The van der Waals surface area contributed by atoms with Crippen LogP contribution in [0, 0.1) is 5.82 Å². The van der Waals surface area contributed by atoms with Gasteiger partial charge in [0.2, 0.25) is 0 Å². The molecule has 1 atom stereocenters. The number of hydrogen-bond donors (Lipinski definition) is 1. The monoisotopic (exact) mass is 294 g/mol. The number of benzene rings is 2. The van der Waals surface area contributed by atoms with Gasteiger partial charge in [0.05, 0.1) is 4.47 Å². The molecule has 0 radical (unpaired) electrons. The van der Waals surface area contributed by atoms with E-state index in [0.29, 0.717) is 10.0 Å². The lowest BCUT2D eigenvalue weighted by Crippen LogP contribution is -2.22. The van der Waals surface area contributed by atoms with E-state index in [-0.39, 0.29) is 5.82 Å². The minimum Gasteiger partial charge on any atom is -0.381 e. The molecule has 0 saturated carbocycles. The van der Waals surface area contributed by atoms with Gasteiger partial charge in [-0.1, -0.05) is 36.4 Å². The Morgan fingerprint density at radius 2 is 1.71 bits per heavy atom. The molecule has 0 aromatic heterocycles. The fourth-order valence-electron chi connectivity index (χ4n) is 1.73. The summed E-state index contributed by atoms with van der Waals surface area (Å²) in [4.78, 5) is 0. The normalized spacial score (nSPS) is 14.4. The lowest BCUT2D eigenvalue weighted by atomic mass is 9.88. The Hall–Kier alpha value is -1.19. The van der Waals surface area contributed by atoms with Crippen LogP contribution in [0.5, 0.6) is 0 Å². The van der Waals surface area contributed by atoms with Crippen LogP contribution in [0.1, 0.15) is 18.1 Å². The van der Waals surface area contributed by atoms with Gasteiger partial charge in [-0.2, -0.15) is 0 Å². The quantitative estimate of drug-likeness (QED) is 0.892. The summed E-state index contributed by atoms with van der Waals surface area (Å²) in [6, 6.07) is 13.9. The van der Waals surface area contributed by atoms with E-state index in [0.717, 1.165) is 5.56 Å². The second-order valence-corrected chi connectivity index (χ2v) is 4.92. The van der Waals surface area contributed by atoms with Crippen LogP contribution in [0.2, 0.25) is 0 Å². The predicted molar refractivity (Wildman–Crippen MR) is 69.2 cm³/mol. The number of aliphatic hydroxyl groups is 1. The zero-order valence-electron chi connectivity index (χ0n) is 9.32. The molecule has 2 rings (SSSR count). The molecule has 0 aliphatic carbocycles. The summed E-state index contributed by atoms with van der Waals surface area (Å²) in [5.41, 5.74) is 0.0779. The van der Waals surface area contributed by atoms with Crippen molar-refractivity contribution in [3.63, 3.8) is 0 Å². The first kappa shape index (κ1) is 12.3. The third-order valence-corrected chi connectivity index (χ3v) is 3.46. The molecule has 0 heterocycles. The molecule has 17 heavy (non-hydrogen) atoms. The average molecular weight is 295 g/mol. The van der Waals surface area contributed by atoms with Crippen molar-refractivity contribution in [2.24, 2.45) is 0 Å². The van der Waals surface area contributed by atoms with Gasteiger partial charge in [-0.25, -0.2) is 4.39 Å². The maximum atomic E-state index is 13.5. The first-order valence-corrected chi connectivity index (χ1v) is 6.04. The van der Waals surface area contributed by atoms with Crippen LogP contribution in [0.25, 0.3) is 0 Å². The van der Waals surface area contributed by atoms with Gasteiger partial charge in [0, 0.05) is 0 Å². The molecule has 0 unspecified atom stereocenters. The molecular weight excluding hydrogens is 283 g/mol. The van der Waals surface area contributed by atoms with Gasteiger partial charge in [-0.3, -0.25) is 0 Å². The van der Waals surface area contributed by atoms with Gasteiger partial charge >= 0.3 is 0 Å². The minimum atomic E-state index is -1.19. The fraction of sp³-hybridized carbons (Fsp3) is 0.143. The van der Waals surface area contributed by atoms with E-state index < -0.39 is 5.60 Å². The van der Waals surface area contributed by atoms with Gasteiger partial charge in [0.15, 0.2) is 0 Å². The maximum absolute atomic E-state index is 13.5. The van der Waals surface area contributed by atoms with Crippen LogP contribution in [0.3, 0.4) is 0 Å². The Morgan fingerprint density at radius 3 is 2.29 bits per heavy atom. The van der Waals surface area contributed by atoms with E-state index >= 15 is 0 Å². The minimum absolute atomic E-state index is 0.376. The molecule has 2 aromatic carbocycles. The van der Waals surface area contributed by atoms with Crippen molar-refractivity contribution in [3.05, 3.63) is 69.9 Å². The molecule has 0 fully saturated rings. The molecule has 0 aliphatic heterocycles. The van der Waals surface area contributed by atoms with Crippen LogP contribution in [0.4, 0.5) is 4.39 Å². The standard InChI is InChI=1S/C14H12BrFO/c1-14(17,10-5-3-2-4-6-10)11-7-8-12(15)13(16)9-11/h2-9,17H,1H3/t14-/m0/s1.